The van der Waals surface area contributed by atoms with Gasteiger partial charge in [0.1, 0.15) is 5.75 Å². The molecular formula is C20H20N4O2. The maximum atomic E-state index is 12.1. The Bertz CT molecular complexity index is 914. The Labute approximate surface area is 152 Å². The summed E-state index contributed by atoms with van der Waals surface area (Å²) in [4.78, 5) is 16.5. The summed E-state index contributed by atoms with van der Waals surface area (Å²) in [5.74, 6) is 0.618. The average molecular weight is 348 g/mol. The van der Waals surface area contributed by atoms with E-state index in [9.17, 15) is 4.79 Å². The van der Waals surface area contributed by atoms with Crippen molar-refractivity contribution in [2.45, 2.75) is 6.54 Å². The topological polar surface area (TPSA) is 69.0 Å². The van der Waals surface area contributed by atoms with Crippen LogP contribution in [0.2, 0.25) is 0 Å². The minimum Gasteiger partial charge on any atom is -0.497 e. The summed E-state index contributed by atoms with van der Waals surface area (Å²) in [6, 6.07) is 11.3. The lowest BCUT2D eigenvalue weighted by molar-refractivity contribution is -0.116. The molecule has 3 aromatic rings. The number of aryl methyl sites for hydroxylation is 1. The van der Waals surface area contributed by atoms with E-state index in [1.807, 2.05) is 49.6 Å². The van der Waals surface area contributed by atoms with Gasteiger partial charge in [-0.1, -0.05) is 18.2 Å². The Morgan fingerprint density at radius 3 is 2.77 bits per heavy atom. The van der Waals surface area contributed by atoms with Crippen LogP contribution in [0.3, 0.4) is 0 Å². The quantitative estimate of drug-likeness (QED) is 0.696. The number of aromatic nitrogens is 3. The smallest absolute Gasteiger partial charge is 0.244 e. The zero-order valence-corrected chi connectivity index (χ0v) is 14.7. The van der Waals surface area contributed by atoms with Gasteiger partial charge in [0.25, 0.3) is 0 Å². The molecule has 1 amide bonds. The van der Waals surface area contributed by atoms with Gasteiger partial charge in [0.15, 0.2) is 0 Å². The van der Waals surface area contributed by atoms with Crippen molar-refractivity contribution in [2.75, 3.05) is 7.11 Å². The summed E-state index contributed by atoms with van der Waals surface area (Å²) in [7, 11) is 3.48. The number of nitrogens with one attached hydrogen (secondary N) is 1. The van der Waals surface area contributed by atoms with E-state index >= 15 is 0 Å². The second-order valence-corrected chi connectivity index (χ2v) is 5.74. The minimum atomic E-state index is -0.165. The number of amides is 1. The van der Waals surface area contributed by atoms with E-state index in [2.05, 4.69) is 15.4 Å². The van der Waals surface area contributed by atoms with E-state index in [4.69, 9.17) is 4.74 Å². The zero-order valence-electron chi connectivity index (χ0n) is 14.7. The number of hydrogen-bond acceptors (Lipinski definition) is 4. The number of methoxy groups -OCH3 is 1. The van der Waals surface area contributed by atoms with E-state index in [1.54, 1.807) is 30.3 Å². The normalized spacial score (nSPS) is 10.8. The van der Waals surface area contributed by atoms with Gasteiger partial charge < -0.3 is 10.1 Å². The molecule has 0 aliphatic heterocycles. The molecule has 0 bridgehead atoms. The van der Waals surface area contributed by atoms with Gasteiger partial charge in [0, 0.05) is 37.6 Å². The molecule has 0 unspecified atom stereocenters. The lowest BCUT2D eigenvalue weighted by atomic mass is 10.1. The SMILES string of the molecule is COc1ccc(/C=C/C(=O)NCc2cccnc2-c2cnn(C)c2)cc1. The molecule has 132 valence electrons. The van der Waals surface area contributed by atoms with Gasteiger partial charge in [0.05, 0.1) is 19.0 Å². The van der Waals surface area contributed by atoms with Crippen LogP contribution < -0.4 is 10.1 Å². The molecule has 26 heavy (non-hydrogen) atoms. The summed E-state index contributed by atoms with van der Waals surface area (Å²) in [5.41, 5.74) is 3.61. The third-order valence-corrected chi connectivity index (χ3v) is 3.87. The van der Waals surface area contributed by atoms with Crippen molar-refractivity contribution < 1.29 is 9.53 Å². The van der Waals surface area contributed by atoms with Crippen LogP contribution >= 0.6 is 0 Å². The van der Waals surface area contributed by atoms with E-state index in [0.717, 1.165) is 28.1 Å². The van der Waals surface area contributed by atoms with E-state index in [0.29, 0.717) is 6.54 Å². The van der Waals surface area contributed by atoms with Gasteiger partial charge in [-0.25, -0.2) is 0 Å². The van der Waals surface area contributed by atoms with Crippen LogP contribution in [0.5, 0.6) is 5.75 Å². The maximum absolute atomic E-state index is 12.1. The Kier molecular flexibility index (Phi) is 5.43. The first-order valence-electron chi connectivity index (χ1n) is 8.18. The molecule has 0 saturated heterocycles. The second kappa shape index (κ2) is 8.11. The maximum Gasteiger partial charge on any atom is 0.244 e. The molecule has 0 saturated carbocycles. The van der Waals surface area contributed by atoms with Crippen molar-refractivity contribution in [1.82, 2.24) is 20.1 Å². The molecule has 6 heteroatoms. The van der Waals surface area contributed by atoms with Crippen molar-refractivity contribution in [2.24, 2.45) is 7.05 Å². The van der Waals surface area contributed by atoms with Crippen LogP contribution in [0.4, 0.5) is 0 Å². The number of pyridine rings is 1. The number of nitrogens with zero attached hydrogens (tertiary/aromatic N) is 3. The fourth-order valence-corrected chi connectivity index (χ4v) is 2.51. The Hall–Kier alpha value is -3.41. The van der Waals surface area contributed by atoms with Crippen LogP contribution in [-0.4, -0.2) is 27.8 Å². The summed E-state index contributed by atoms with van der Waals surface area (Å²) >= 11 is 0. The summed E-state index contributed by atoms with van der Waals surface area (Å²) in [6.45, 7) is 0.393. The van der Waals surface area contributed by atoms with E-state index < -0.39 is 0 Å². The molecule has 1 N–H and O–H groups in total. The predicted molar refractivity (Wildman–Crippen MR) is 100 cm³/mol. The monoisotopic (exact) mass is 348 g/mol. The highest BCUT2D eigenvalue weighted by molar-refractivity contribution is 5.91. The molecule has 0 spiro atoms. The first-order valence-corrected chi connectivity index (χ1v) is 8.18. The lowest BCUT2D eigenvalue weighted by Gasteiger charge is -2.07. The minimum absolute atomic E-state index is 0.165. The Morgan fingerprint density at radius 1 is 1.27 bits per heavy atom. The second-order valence-electron chi connectivity index (χ2n) is 5.74. The molecule has 0 aliphatic carbocycles. The molecule has 0 aliphatic rings. The van der Waals surface area contributed by atoms with Gasteiger partial charge in [-0.3, -0.25) is 14.5 Å². The highest BCUT2D eigenvalue weighted by Gasteiger charge is 2.08. The molecule has 1 aromatic carbocycles. The number of carbonyl (C=O) groups excluding carboxylic acids is 1. The Balaban J connectivity index is 1.63. The van der Waals surface area contributed by atoms with Crippen molar-refractivity contribution in [3.05, 3.63) is 72.2 Å². The van der Waals surface area contributed by atoms with E-state index in [-0.39, 0.29) is 5.91 Å². The number of ether oxygens (including phenoxy) is 1. The van der Waals surface area contributed by atoms with Crippen molar-refractivity contribution in [3.8, 4) is 17.0 Å². The lowest BCUT2D eigenvalue weighted by Crippen LogP contribution is -2.20. The van der Waals surface area contributed by atoms with Gasteiger partial charge >= 0.3 is 0 Å². The average Bonchev–Trinajstić information content (AvgIpc) is 3.11. The molecule has 0 atom stereocenters. The molecule has 2 aromatic heterocycles. The van der Waals surface area contributed by atoms with Crippen LogP contribution in [0.25, 0.3) is 17.3 Å². The Morgan fingerprint density at radius 2 is 2.08 bits per heavy atom. The van der Waals surface area contributed by atoms with Gasteiger partial charge in [-0.2, -0.15) is 5.10 Å². The molecule has 0 fully saturated rings. The van der Waals surface area contributed by atoms with Crippen molar-refractivity contribution >= 4 is 12.0 Å². The van der Waals surface area contributed by atoms with Gasteiger partial charge in [-0.15, -0.1) is 0 Å². The van der Waals surface area contributed by atoms with Gasteiger partial charge in [-0.05, 0) is 35.4 Å². The zero-order chi connectivity index (χ0) is 18.4. The fraction of sp³-hybridized carbons (Fsp3) is 0.150. The number of benzene rings is 1. The van der Waals surface area contributed by atoms with Crippen LogP contribution in [-0.2, 0) is 18.4 Å². The third-order valence-electron chi connectivity index (χ3n) is 3.87. The van der Waals surface area contributed by atoms with Crippen molar-refractivity contribution in [1.29, 1.82) is 0 Å². The molecule has 6 nitrogen and oxygen atoms in total. The number of hydrogen-bond donors (Lipinski definition) is 1. The molecule has 3 rings (SSSR count). The van der Waals surface area contributed by atoms with Crippen molar-refractivity contribution in [3.63, 3.8) is 0 Å². The molecule has 0 radical (unpaired) electrons. The van der Waals surface area contributed by atoms with Crippen LogP contribution in [0.15, 0.2) is 61.1 Å². The van der Waals surface area contributed by atoms with E-state index in [1.165, 1.54) is 6.08 Å². The highest BCUT2D eigenvalue weighted by atomic mass is 16.5. The number of carbonyl (C=O) groups is 1. The van der Waals surface area contributed by atoms with Crippen LogP contribution in [0.1, 0.15) is 11.1 Å². The van der Waals surface area contributed by atoms with Crippen LogP contribution in [0, 0.1) is 0 Å². The standard InChI is InChI=1S/C20H20N4O2/c1-24-14-17(13-23-24)20-16(4-3-11-21-20)12-22-19(25)10-7-15-5-8-18(26-2)9-6-15/h3-11,13-14H,12H2,1-2H3,(H,22,25)/b10-7+. The number of rotatable bonds is 6. The largest absolute Gasteiger partial charge is 0.497 e. The highest BCUT2D eigenvalue weighted by Crippen LogP contribution is 2.20. The predicted octanol–water partition coefficient (Wildman–Crippen LogP) is 2.82. The molecule has 2 heterocycles. The summed E-state index contributed by atoms with van der Waals surface area (Å²) in [6.07, 6.45) is 8.67. The summed E-state index contributed by atoms with van der Waals surface area (Å²) < 4.78 is 6.84. The summed E-state index contributed by atoms with van der Waals surface area (Å²) in [5, 5.41) is 7.06. The first kappa shape index (κ1) is 17.4. The molecular weight excluding hydrogens is 328 g/mol. The van der Waals surface area contributed by atoms with Gasteiger partial charge in [0.2, 0.25) is 5.91 Å². The fourth-order valence-electron chi connectivity index (χ4n) is 2.51. The third kappa shape index (κ3) is 4.36. The first-order chi connectivity index (χ1) is 12.7.